The number of nitrogens with zero attached hydrogens (tertiary/aromatic N) is 4. The summed E-state index contributed by atoms with van der Waals surface area (Å²) in [4.78, 5) is 54.1. The standard InChI is InChI=1S/C44H42N6O7S2.HI/c1-50(2)24-23-35(57-50)33-26-58-41-37(40(52)49(41)38(33)42(53)56-25-28-19-21-32(55-3)22-20-28)46-39(51)36(48-54)34-27-59-43(45-34)47-44(29-13-7-4-8-14-29,30-15-9-5-10-16-30)31-17-11-6-12-18-31;/h4-22,27,35,37,41H,23-26H2,1-3H3,(H2-,45,46,47,51,54);1H/t35-,37?,41?;/m0./s1. The number of hydrogen-bond donors (Lipinski definition) is 3. The molecule has 0 aliphatic carbocycles. The Morgan fingerprint density at radius 2 is 1.55 bits per heavy atom. The molecular weight excluding hydrogens is 916 g/mol. The number of quaternary nitrogens is 1. The number of thioether (sulfide) groups is 1. The zero-order valence-corrected chi connectivity index (χ0v) is 36.8. The van der Waals surface area contributed by atoms with Gasteiger partial charge in [0, 0.05) is 23.1 Å². The van der Waals surface area contributed by atoms with Crippen LogP contribution in [0.25, 0.3) is 0 Å². The van der Waals surface area contributed by atoms with Crippen LogP contribution in [0, 0.1) is 0 Å². The van der Waals surface area contributed by atoms with Crippen LogP contribution < -0.4 is 39.3 Å². The summed E-state index contributed by atoms with van der Waals surface area (Å²) in [6.07, 6.45) is 0.267. The molecule has 3 aliphatic rings. The third kappa shape index (κ3) is 8.38. The molecule has 13 nitrogen and oxygen atoms in total. The monoisotopic (exact) mass is 958 g/mol. The third-order valence-corrected chi connectivity index (χ3v) is 12.8. The maximum Gasteiger partial charge on any atom is 0.355 e. The number of fused-ring (bicyclic) bond motifs is 1. The van der Waals surface area contributed by atoms with Crippen LogP contribution >= 0.6 is 23.1 Å². The van der Waals surface area contributed by atoms with Crippen molar-refractivity contribution in [1.29, 1.82) is 0 Å². The second kappa shape index (κ2) is 18.1. The lowest BCUT2D eigenvalue weighted by Gasteiger charge is -2.50. The van der Waals surface area contributed by atoms with Crippen LogP contribution in [0.1, 0.15) is 34.4 Å². The van der Waals surface area contributed by atoms with Crippen molar-refractivity contribution < 1.29 is 62.5 Å². The fraction of sp³-hybridized carbons (Fsp3) is 0.250. The van der Waals surface area contributed by atoms with E-state index in [0.717, 1.165) is 28.8 Å². The van der Waals surface area contributed by atoms with Crippen LogP contribution in [0.15, 0.2) is 137 Å². The number of carbonyl (C=O) groups is 3. The molecule has 0 bridgehead atoms. The topological polar surface area (TPSA) is 152 Å². The number of methoxy groups -OCH3 is 1. The van der Waals surface area contributed by atoms with Crippen molar-refractivity contribution in [1.82, 2.24) is 15.2 Å². The molecule has 2 fully saturated rings. The molecular formula is C44H43IN6O7S2. The number of carbonyl (C=O) groups excluding carboxylic acids is 3. The fourth-order valence-corrected chi connectivity index (χ4v) is 9.90. The van der Waals surface area contributed by atoms with Crippen LogP contribution in [-0.2, 0) is 36.1 Å². The summed E-state index contributed by atoms with van der Waals surface area (Å²) in [5.41, 5.74) is 3.32. The average molecular weight is 959 g/mol. The number of halogens is 1. The predicted octanol–water partition coefficient (Wildman–Crippen LogP) is 2.92. The first-order valence-electron chi connectivity index (χ1n) is 19.0. The van der Waals surface area contributed by atoms with E-state index in [1.165, 1.54) is 28.0 Å². The van der Waals surface area contributed by atoms with E-state index in [0.29, 0.717) is 33.3 Å². The van der Waals surface area contributed by atoms with E-state index < -0.39 is 40.8 Å². The van der Waals surface area contributed by atoms with Gasteiger partial charge in [-0.15, -0.1) is 23.1 Å². The van der Waals surface area contributed by atoms with E-state index in [2.05, 4.69) is 15.8 Å². The molecule has 3 atom stereocenters. The van der Waals surface area contributed by atoms with Crippen molar-refractivity contribution >= 4 is 51.7 Å². The van der Waals surface area contributed by atoms with E-state index in [1.54, 1.807) is 36.8 Å². The van der Waals surface area contributed by atoms with Gasteiger partial charge in [-0.3, -0.25) is 14.5 Å². The summed E-state index contributed by atoms with van der Waals surface area (Å²) >= 11 is 2.67. The largest absolute Gasteiger partial charge is 1.00 e. The first-order chi connectivity index (χ1) is 28.6. The highest BCUT2D eigenvalue weighted by atomic mass is 127. The highest BCUT2D eigenvalue weighted by Crippen LogP contribution is 2.44. The molecule has 3 aliphatic heterocycles. The first kappa shape index (κ1) is 42.8. The number of hydrogen-bond acceptors (Lipinski definition) is 12. The van der Waals surface area contributed by atoms with Crippen LogP contribution in [0.2, 0.25) is 0 Å². The summed E-state index contributed by atoms with van der Waals surface area (Å²) in [7, 11) is 5.45. The third-order valence-electron chi connectivity index (χ3n) is 10.7. The summed E-state index contributed by atoms with van der Waals surface area (Å²) < 4.78 is 11.3. The minimum atomic E-state index is -1.01. The van der Waals surface area contributed by atoms with Gasteiger partial charge in [0.25, 0.3) is 11.8 Å². The van der Waals surface area contributed by atoms with Gasteiger partial charge in [-0.2, -0.15) is 9.48 Å². The smallest absolute Gasteiger partial charge is 0.355 e. The van der Waals surface area contributed by atoms with Crippen molar-refractivity contribution in [2.24, 2.45) is 5.16 Å². The van der Waals surface area contributed by atoms with Gasteiger partial charge in [-0.1, -0.05) is 108 Å². The Hall–Kier alpha value is -5.27. The van der Waals surface area contributed by atoms with Crippen LogP contribution in [0.4, 0.5) is 5.13 Å². The molecule has 4 aromatic carbocycles. The van der Waals surface area contributed by atoms with Crippen LogP contribution in [-0.4, -0.2) is 94.3 Å². The molecule has 0 radical (unpaired) electrons. The van der Waals surface area contributed by atoms with E-state index >= 15 is 0 Å². The Bertz CT molecular complexity index is 2300. The molecule has 3 N–H and O–H groups in total. The van der Waals surface area contributed by atoms with Crippen molar-refractivity contribution in [3.8, 4) is 5.75 Å². The van der Waals surface area contributed by atoms with Gasteiger partial charge in [-0.05, 0) is 34.4 Å². The number of benzene rings is 4. The Morgan fingerprint density at radius 1 is 0.950 bits per heavy atom. The predicted molar refractivity (Wildman–Crippen MR) is 225 cm³/mol. The molecule has 4 heterocycles. The number of hydroxylamine groups is 3. The Kier molecular flexibility index (Phi) is 13.0. The zero-order chi connectivity index (χ0) is 41.1. The number of aromatic nitrogens is 1. The molecule has 0 spiro atoms. The summed E-state index contributed by atoms with van der Waals surface area (Å²) in [5, 5.41) is 21.5. The molecule has 5 aromatic rings. The normalized spacial score (nSPS) is 19.7. The lowest BCUT2D eigenvalue weighted by molar-refractivity contribution is -1.06. The van der Waals surface area contributed by atoms with Crippen molar-refractivity contribution in [2.45, 2.75) is 36.1 Å². The maximum atomic E-state index is 14.0. The van der Waals surface area contributed by atoms with Crippen molar-refractivity contribution in [2.75, 3.05) is 38.8 Å². The van der Waals surface area contributed by atoms with Gasteiger partial charge in [-0.25, -0.2) is 9.78 Å². The summed E-state index contributed by atoms with van der Waals surface area (Å²) in [5.74, 6) is -0.884. The molecule has 2 saturated heterocycles. The Labute approximate surface area is 373 Å². The lowest BCUT2D eigenvalue weighted by Crippen LogP contribution is -3.00. The summed E-state index contributed by atoms with van der Waals surface area (Å²) in [6, 6.07) is 36.2. The number of nitrogens with one attached hydrogen (secondary N) is 2. The molecule has 1 aromatic heterocycles. The first-order valence-corrected chi connectivity index (χ1v) is 21.0. The van der Waals surface area contributed by atoms with E-state index in [9.17, 15) is 19.6 Å². The number of rotatable bonds is 13. The molecule has 8 rings (SSSR count). The van der Waals surface area contributed by atoms with Crippen molar-refractivity contribution in [3.63, 3.8) is 0 Å². The number of thiazole rings is 1. The molecule has 60 heavy (non-hydrogen) atoms. The van der Waals surface area contributed by atoms with Crippen LogP contribution in [0.3, 0.4) is 0 Å². The quantitative estimate of drug-likeness (QED) is 0.0235. The highest BCUT2D eigenvalue weighted by molar-refractivity contribution is 8.00. The number of β-lactam (4-membered cyclic amide) rings is 1. The van der Waals surface area contributed by atoms with E-state index in [4.69, 9.17) is 19.3 Å². The number of anilines is 1. The van der Waals surface area contributed by atoms with Crippen LogP contribution in [0.5, 0.6) is 5.75 Å². The van der Waals surface area contributed by atoms with E-state index in [-0.39, 0.29) is 47.7 Å². The van der Waals surface area contributed by atoms with Gasteiger partial charge >= 0.3 is 5.97 Å². The number of esters is 1. The van der Waals surface area contributed by atoms with Gasteiger partial charge in [0.05, 0.1) is 21.2 Å². The molecule has 2 amide bonds. The SMILES string of the molecule is COc1ccc(COC(=O)C2=C([C@@H]3CC[N+](C)(C)O3)CSC3C(NC(=O)/C(=N\O)c4csc(NC(c5ccccc5)(c5ccccc5)c5ccccc5)n4)C(=O)N23)cc1.[I-]. The van der Waals surface area contributed by atoms with Gasteiger partial charge in [0.15, 0.2) is 10.8 Å². The average Bonchev–Trinajstić information content (AvgIpc) is 3.89. The molecule has 310 valence electrons. The van der Waals surface area contributed by atoms with Gasteiger partial charge < -0.3 is 49.3 Å². The molecule has 0 saturated carbocycles. The van der Waals surface area contributed by atoms with Gasteiger partial charge in [0.1, 0.15) is 53.4 Å². The second-order valence-electron chi connectivity index (χ2n) is 14.8. The lowest BCUT2D eigenvalue weighted by atomic mass is 9.77. The zero-order valence-electron chi connectivity index (χ0n) is 33.0. The Morgan fingerprint density at radius 3 is 2.08 bits per heavy atom. The van der Waals surface area contributed by atoms with Crippen molar-refractivity contribution in [3.05, 3.63) is 160 Å². The second-order valence-corrected chi connectivity index (χ2v) is 16.8. The van der Waals surface area contributed by atoms with E-state index in [1.807, 2.05) is 105 Å². The highest BCUT2D eigenvalue weighted by Gasteiger charge is 2.56. The van der Waals surface area contributed by atoms with Gasteiger partial charge in [0.2, 0.25) is 0 Å². The maximum absolute atomic E-state index is 14.0. The number of ether oxygens (including phenoxy) is 2. The molecule has 16 heteroatoms. The fourth-order valence-electron chi connectivity index (χ4n) is 7.74. The minimum absolute atomic E-state index is 0. The number of oxime groups is 1. The minimum Gasteiger partial charge on any atom is -1.00 e. The Balaban J connectivity index is 0.00000544. The number of amides is 2. The summed E-state index contributed by atoms with van der Waals surface area (Å²) in [6.45, 7) is 0.711. The molecule has 2 unspecified atom stereocenters.